The van der Waals surface area contributed by atoms with Crippen molar-refractivity contribution in [1.29, 1.82) is 0 Å². The Morgan fingerprint density at radius 1 is 0.857 bits per heavy atom. The van der Waals surface area contributed by atoms with E-state index in [0.717, 1.165) is 58.5 Å². The molecular weight excluding hydrogens is 355 g/mol. The molecule has 0 N–H and O–H groups in total. The van der Waals surface area contributed by atoms with Crippen molar-refractivity contribution in [3.63, 3.8) is 0 Å². The van der Waals surface area contributed by atoms with Gasteiger partial charge in [-0.25, -0.2) is 9.18 Å². The Kier molecular flexibility index (Phi) is 4.12. The van der Waals surface area contributed by atoms with Crippen LogP contribution in [0.4, 0.5) is 4.39 Å². The topological polar surface area (TPSA) is 39.4 Å². The van der Waals surface area contributed by atoms with E-state index in [1.165, 1.54) is 12.1 Å². The molecule has 0 fully saturated rings. The number of ether oxygens (including phenoxy) is 1. The summed E-state index contributed by atoms with van der Waals surface area (Å²) in [5, 5.41) is 2.80. The zero-order valence-electron chi connectivity index (χ0n) is 15.3. The second-order valence-corrected chi connectivity index (χ2v) is 7.26. The van der Waals surface area contributed by atoms with Gasteiger partial charge in [0.1, 0.15) is 23.8 Å². The largest absolute Gasteiger partial charge is 0.488 e. The maximum atomic E-state index is 13.1. The molecule has 0 amide bonds. The monoisotopic (exact) mass is 374 g/mol. The normalized spacial score (nSPS) is 13.6. The zero-order chi connectivity index (χ0) is 19.1. The fourth-order valence-corrected chi connectivity index (χ4v) is 4.10. The number of hydrogen-bond acceptors (Lipinski definition) is 3. The Hall–Kier alpha value is -3.14. The highest BCUT2D eigenvalue weighted by molar-refractivity contribution is 6.07. The Morgan fingerprint density at radius 2 is 1.61 bits per heavy atom. The van der Waals surface area contributed by atoms with Crippen molar-refractivity contribution in [2.45, 2.75) is 32.3 Å². The first-order valence-corrected chi connectivity index (χ1v) is 9.58. The van der Waals surface area contributed by atoms with Crippen molar-refractivity contribution in [1.82, 2.24) is 0 Å². The molecule has 0 spiro atoms. The third-order valence-electron chi connectivity index (χ3n) is 5.51. The molecule has 1 aliphatic rings. The second kappa shape index (κ2) is 6.79. The van der Waals surface area contributed by atoms with Gasteiger partial charge in [-0.1, -0.05) is 30.3 Å². The minimum absolute atomic E-state index is 0.215. The van der Waals surface area contributed by atoms with Crippen LogP contribution in [0.1, 0.15) is 29.5 Å². The molecule has 4 aromatic rings. The van der Waals surface area contributed by atoms with Crippen LogP contribution in [0.2, 0.25) is 0 Å². The zero-order valence-corrected chi connectivity index (χ0v) is 15.3. The molecule has 4 heteroatoms. The summed E-state index contributed by atoms with van der Waals surface area (Å²) < 4.78 is 24.8. The second-order valence-electron chi connectivity index (χ2n) is 7.26. The van der Waals surface area contributed by atoms with Gasteiger partial charge in [-0.15, -0.1) is 0 Å². The molecule has 0 saturated heterocycles. The Morgan fingerprint density at radius 3 is 2.43 bits per heavy atom. The number of halogens is 1. The molecule has 0 radical (unpaired) electrons. The lowest BCUT2D eigenvalue weighted by Gasteiger charge is -2.17. The summed E-state index contributed by atoms with van der Waals surface area (Å²) >= 11 is 0. The van der Waals surface area contributed by atoms with Crippen molar-refractivity contribution in [3.8, 4) is 5.75 Å². The number of benzene rings is 3. The summed E-state index contributed by atoms with van der Waals surface area (Å²) in [6, 6.07) is 16.1. The first-order valence-electron chi connectivity index (χ1n) is 9.58. The van der Waals surface area contributed by atoms with Gasteiger partial charge in [0.05, 0.1) is 0 Å². The van der Waals surface area contributed by atoms with Gasteiger partial charge >= 0.3 is 5.63 Å². The van der Waals surface area contributed by atoms with Crippen molar-refractivity contribution in [3.05, 3.63) is 87.5 Å². The predicted octanol–water partition coefficient (Wildman–Crippen LogP) is 5.54. The molecule has 0 bridgehead atoms. The van der Waals surface area contributed by atoms with E-state index in [2.05, 4.69) is 0 Å². The summed E-state index contributed by atoms with van der Waals surface area (Å²) in [7, 11) is 0. The summed E-state index contributed by atoms with van der Waals surface area (Å²) in [4.78, 5) is 12.5. The van der Waals surface area contributed by atoms with Gasteiger partial charge in [-0.3, -0.25) is 0 Å². The van der Waals surface area contributed by atoms with Crippen LogP contribution in [0.25, 0.3) is 21.7 Å². The summed E-state index contributed by atoms with van der Waals surface area (Å²) in [5.74, 6) is 0.447. The van der Waals surface area contributed by atoms with E-state index in [0.29, 0.717) is 17.9 Å². The lowest BCUT2D eigenvalue weighted by molar-refractivity contribution is 0.310. The molecule has 1 aromatic heterocycles. The van der Waals surface area contributed by atoms with Crippen molar-refractivity contribution < 1.29 is 13.5 Å². The first-order chi connectivity index (χ1) is 13.7. The van der Waals surface area contributed by atoms with Gasteiger partial charge < -0.3 is 9.15 Å². The fourth-order valence-electron chi connectivity index (χ4n) is 4.10. The highest BCUT2D eigenvalue weighted by atomic mass is 19.1. The van der Waals surface area contributed by atoms with Crippen molar-refractivity contribution in [2.75, 3.05) is 0 Å². The van der Waals surface area contributed by atoms with Gasteiger partial charge in [0.25, 0.3) is 0 Å². The maximum Gasteiger partial charge on any atom is 0.339 e. The molecular formula is C24H19FO3. The minimum Gasteiger partial charge on any atom is -0.488 e. The number of rotatable bonds is 3. The average molecular weight is 374 g/mol. The van der Waals surface area contributed by atoms with Gasteiger partial charge in [0, 0.05) is 21.7 Å². The van der Waals surface area contributed by atoms with E-state index >= 15 is 0 Å². The van der Waals surface area contributed by atoms with E-state index in [9.17, 15) is 9.18 Å². The van der Waals surface area contributed by atoms with E-state index in [4.69, 9.17) is 9.15 Å². The third kappa shape index (κ3) is 2.85. The van der Waals surface area contributed by atoms with Crippen molar-refractivity contribution in [2.24, 2.45) is 0 Å². The van der Waals surface area contributed by atoms with E-state index in [-0.39, 0.29) is 11.4 Å². The quantitative estimate of drug-likeness (QED) is 0.349. The fraction of sp³-hybridized carbons (Fsp3) is 0.208. The molecule has 140 valence electrons. The van der Waals surface area contributed by atoms with Crippen LogP contribution in [0.15, 0.2) is 63.8 Å². The van der Waals surface area contributed by atoms with Gasteiger partial charge in [-0.05, 0) is 61.1 Å². The van der Waals surface area contributed by atoms with Crippen molar-refractivity contribution >= 4 is 21.7 Å². The molecule has 3 aromatic carbocycles. The highest BCUT2D eigenvalue weighted by Gasteiger charge is 2.19. The van der Waals surface area contributed by atoms with Crippen LogP contribution in [0.5, 0.6) is 5.75 Å². The van der Waals surface area contributed by atoms with Crippen LogP contribution in [0, 0.1) is 5.82 Å². The van der Waals surface area contributed by atoms with E-state index in [1.54, 1.807) is 12.1 Å². The smallest absolute Gasteiger partial charge is 0.339 e. The molecule has 1 aliphatic carbocycles. The standard InChI is InChI=1S/C24H19FO3/c25-16-10-8-15(9-11-16)14-27-22-7-3-6-19-18(22)12-13-20-17-4-1-2-5-21(17)24(26)28-23(19)20/h3,6-13H,1-2,4-5,14H2. The molecule has 0 unspecified atom stereocenters. The lowest BCUT2D eigenvalue weighted by atomic mass is 9.90. The molecule has 0 aliphatic heterocycles. The summed E-state index contributed by atoms with van der Waals surface area (Å²) in [5.41, 5.74) is 3.28. The van der Waals surface area contributed by atoms with Gasteiger partial charge in [0.15, 0.2) is 0 Å². The molecule has 5 rings (SSSR count). The lowest BCUT2D eigenvalue weighted by Crippen LogP contribution is -2.15. The highest BCUT2D eigenvalue weighted by Crippen LogP contribution is 2.35. The SMILES string of the molecule is O=c1oc2c(ccc3c(OCc4ccc(F)cc4)cccc32)c2c1CCCC2. The van der Waals surface area contributed by atoms with E-state index < -0.39 is 0 Å². The van der Waals surface area contributed by atoms with Crippen LogP contribution in [0.3, 0.4) is 0 Å². The molecule has 0 atom stereocenters. The predicted molar refractivity (Wildman–Crippen MR) is 107 cm³/mol. The van der Waals surface area contributed by atoms with Crippen LogP contribution < -0.4 is 10.4 Å². The average Bonchev–Trinajstić information content (AvgIpc) is 2.73. The third-order valence-corrected chi connectivity index (χ3v) is 5.51. The van der Waals surface area contributed by atoms with E-state index in [1.807, 2.05) is 30.3 Å². The Labute approximate surface area is 161 Å². The molecule has 28 heavy (non-hydrogen) atoms. The van der Waals surface area contributed by atoms with Crippen LogP contribution in [-0.4, -0.2) is 0 Å². The molecule has 1 heterocycles. The minimum atomic E-state index is -0.265. The number of fused-ring (bicyclic) bond motifs is 5. The molecule has 3 nitrogen and oxygen atoms in total. The van der Waals surface area contributed by atoms with Crippen LogP contribution in [-0.2, 0) is 19.4 Å². The number of hydrogen-bond donors (Lipinski definition) is 0. The van der Waals surface area contributed by atoms with Crippen LogP contribution >= 0.6 is 0 Å². The molecule has 0 saturated carbocycles. The van der Waals surface area contributed by atoms with Gasteiger partial charge in [0.2, 0.25) is 0 Å². The Balaban J connectivity index is 1.60. The first kappa shape index (κ1) is 17.0. The van der Waals surface area contributed by atoms with Gasteiger partial charge in [-0.2, -0.15) is 0 Å². The maximum absolute atomic E-state index is 13.1. The Bertz CT molecular complexity index is 1240. The number of aryl methyl sites for hydroxylation is 1. The summed E-state index contributed by atoms with van der Waals surface area (Å²) in [6.45, 7) is 0.339. The summed E-state index contributed by atoms with van der Waals surface area (Å²) in [6.07, 6.45) is 3.86.